The molecule has 2 fully saturated rings. The molecule has 2 bridgehead atoms. The number of phenols is 1. The van der Waals surface area contributed by atoms with E-state index in [0.717, 1.165) is 54.0 Å². The summed E-state index contributed by atoms with van der Waals surface area (Å²) < 4.78 is 17.1. The van der Waals surface area contributed by atoms with Crippen molar-refractivity contribution < 1.29 is 9.50 Å². The van der Waals surface area contributed by atoms with Crippen molar-refractivity contribution in [2.45, 2.75) is 50.2 Å². The van der Waals surface area contributed by atoms with Gasteiger partial charge < -0.3 is 16.2 Å². The summed E-state index contributed by atoms with van der Waals surface area (Å²) in [6, 6.07) is 7.44. The molecule has 4 N–H and O–H groups in total. The Balaban J connectivity index is 1.50. The third kappa shape index (κ3) is 4.68. The van der Waals surface area contributed by atoms with Gasteiger partial charge in [0, 0.05) is 53.9 Å². The number of aliphatic imine (C=N–C) groups is 1. The lowest BCUT2D eigenvalue weighted by molar-refractivity contribution is 0.136. The minimum atomic E-state index is -0.770. The van der Waals surface area contributed by atoms with Crippen molar-refractivity contribution in [1.29, 1.82) is 5.26 Å². The van der Waals surface area contributed by atoms with Crippen LogP contribution in [-0.2, 0) is 0 Å². The Morgan fingerprint density at radius 2 is 2.09 bits per heavy atom. The average molecular weight is 561 g/mol. The smallest absolute Gasteiger partial charge is 0.154 e. The Labute approximate surface area is 215 Å². The molecule has 182 valence electrons. The van der Waals surface area contributed by atoms with Crippen molar-refractivity contribution in [3.8, 4) is 11.8 Å². The molecule has 4 heterocycles. The highest BCUT2D eigenvalue weighted by Crippen LogP contribution is 2.38. The van der Waals surface area contributed by atoms with E-state index in [2.05, 4.69) is 42.3 Å². The number of benzene rings is 1. The first kappa shape index (κ1) is 23.9. The van der Waals surface area contributed by atoms with Crippen LogP contribution < -0.4 is 11.1 Å². The number of rotatable bonds is 6. The standard InChI is InChI=1S/C24H24BrClFN7O/c25-13-6-21-22(31-14-7-15-2-3-16(8-14)33(15)5-1-4-28)18(11-30-34(21)12-13)24(29)32-23-19(26)9-17(35)10-20(23)27/h6,9-12,14-16,31,35H,1-3,5,7-8H2,(H2,29,32)/t14?,15-,16+. The summed E-state index contributed by atoms with van der Waals surface area (Å²) in [5.74, 6) is -1.00. The van der Waals surface area contributed by atoms with Crippen molar-refractivity contribution in [3.05, 3.63) is 51.5 Å². The molecule has 3 atom stereocenters. The Morgan fingerprint density at radius 3 is 2.77 bits per heavy atom. The molecule has 0 aliphatic carbocycles. The Bertz CT molecular complexity index is 1320. The third-order valence-corrected chi connectivity index (χ3v) is 7.55. The largest absolute Gasteiger partial charge is 0.508 e. The Morgan fingerprint density at radius 1 is 1.34 bits per heavy atom. The number of halogens is 3. The number of nitrogens with two attached hydrogens (primary N) is 1. The van der Waals surface area contributed by atoms with E-state index in [1.165, 1.54) is 6.07 Å². The fourth-order valence-electron chi connectivity index (χ4n) is 5.35. The second kappa shape index (κ2) is 9.64. The minimum absolute atomic E-state index is 0.0410. The van der Waals surface area contributed by atoms with Gasteiger partial charge in [-0.1, -0.05) is 11.6 Å². The number of piperidine rings is 1. The summed E-state index contributed by atoms with van der Waals surface area (Å²) in [5.41, 5.74) is 8.33. The van der Waals surface area contributed by atoms with Gasteiger partial charge in [0.15, 0.2) is 5.82 Å². The van der Waals surface area contributed by atoms with Gasteiger partial charge in [0.2, 0.25) is 0 Å². The van der Waals surface area contributed by atoms with Gasteiger partial charge in [-0.2, -0.15) is 10.4 Å². The van der Waals surface area contributed by atoms with Crippen LogP contribution in [0, 0.1) is 17.1 Å². The zero-order valence-electron chi connectivity index (χ0n) is 18.8. The maximum Gasteiger partial charge on any atom is 0.154 e. The van der Waals surface area contributed by atoms with Gasteiger partial charge >= 0.3 is 0 Å². The third-order valence-electron chi connectivity index (χ3n) is 6.83. The van der Waals surface area contributed by atoms with Crippen LogP contribution in [0.4, 0.5) is 15.8 Å². The number of fused-ring (bicyclic) bond motifs is 3. The van der Waals surface area contributed by atoms with Crippen molar-refractivity contribution in [2.24, 2.45) is 10.7 Å². The first-order valence-corrected chi connectivity index (χ1v) is 12.6. The van der Waals surface area contributed by atoms with E-state index in [-0.39, 0.29) is 28.3 Å². The fourth-order valence-corrected chi connectivity index (χ4v) is 6.01. The topological polar surface area (TPSA) is 115 Å². The number of nitrogens with one attached hydrogen (secondary N) is 1. The molecule has 5 rings (SSSR count). The second-order valence-corrected chi connectivity index (χ2v) is 10.3. The van der Waals surface area contributed by atoms with Crippen LogP contribution in [0.3, 0.4) is 0 Å². The highest BCUT2D eigenvalue weighted by Gasteiger charge is 2.40. The molecule has 2 saturated heterocycles. The van der Waals surface area contributed by atoms with E-state index in [9.17, 15) is 9.50 Å². The van der Waals surface area contributed by atoms with Crippen LogP contribution in [0.1, 0.15) is 37.7 Å². The number of hydrogen-bond acceptors (Lipinski definition) is 6. The lowest BCUT2D eigenvalue weighted by atomic mass is 9.96. The predicted molar refractivity (Wildman–Crippen MR) is 137 cm³/mol. The number of anilines is 1. The molecule has 0 radical (unpaired) electrons. The van der Waals surface area contributed by atoms with E-state index in [1.54, 1.807) is 10.7 Å². The molecule has 35 heavy (non-hydrogen) atoms. The maximum atomic E-state index is 14.5. The van der Waals surface area contributed by atoms with E-state index in [1.807, 2.05) is 12.3 Å². The zero-order valence-corrected chi connectivity index (χ0v) is 21.1. The van der Waals surface area contributed by atoms with E-state index in [0.29, 0.717) is 24.1 Å². The molecule has 2 aromatic heterocycles. The molecule has 8 nitrogen and oxygen atoms in total. The maximum absolute atomic E-state index is 14.5. The summed E-state index contributed by atoms with van der Waals surface area (Å²) in [4.78, 5) is 6.74. The van der Waals surface area contributed by atoms with E-state index >= 15 is 0 Å². The van der Waals surface area contributed by atoms with Crippen LogP contribution >= 0.6 is 27.5 Å². The zero-order chi connectivity index (χ0) is 24.7. The van der Waals surface area contributed by atoms with Crippen molar-refractivity contribution >= 4 is 50.3 Å². The number of nitrogens with zero attached hydrogens (tertiary/aromatic N) is 5. The predicted octanol–water partition coefficient (Wildman–Crippen LogP) is 4.95. The number of phenolic OH excluding ortho intramolecular Hbond substituents is 1. The van der Waals surface area contributed by atoms with Gasteiger partial charge in [0.05, 0.1) is 34.1 Å². The molecule has 1 aromatic carbocycles. The normalized spacial score (nSPS) is 22.5. The molecule has 0 spiro atoms. The van der Waals surface area contributed by atoms with Crippen molar-refractivity contribution in [2.75, 3.05) is 11.9 Å². The minimum Gasteiger partial charge on any atom is -0.508 e. The highest BCUT2D eigenvalue weighted by molar-refractivity contribution is 9.10. The first-order valence-electron chi connectivity index (χ1n) is 11.4. The molecule has 2 aliphatic rings. The summed E-state index contributed by atoms with van der Waals surface area (Å²) in [6.07, 6.45) is 8.16. The van der Waals surface area contributed by atoms with Gasteiger partial charge in [-0.05, 0) is 47.7 Å². The highest BCUT2D eigenvalue weighted by atomic mass is 79.9. The van der Waals surface area contributed by atoms with Crippen LogP contribution in [0.2, 0.25) is 5.02 Å². The molecule has 3 aromatic rings. The van der Waals surface area contributed by atoms with Gasteiger partial charge in [-0.25, -0.2) is 13.9 Å². The van der Waals surface area contributed by atoms with Crippen LogP contribution in [-0.4, -0.2) is 50.1 Å². The summed E-state index contributed by atoms with van der Waals surface area (Å²) in [5, 5.41) is 26.7. The number of hydrogen-bond donors (Lipinski definition) is 3. The molecule has 0 amide bonds. The second-order valence-electron chi connectivity index (χ2n) is 9.02. The van der Waals surface area contributed by atoms with Crippen LogP contribution in [0.25, 0.3) is 5.52 Å². The van der Waals surface area contributed by atoms with Gasteiger partial charge in [0.25, 0.3) is 0 Å². The number of aromatic hydroxyl groups is 1. The molecular weight excluding hydrogens is 537 g/mol. The van der Waals surface area contributed by atoms with Gasteiger partial charge in [0.1, 0.15) is 17.3 Å². The first-order chi connectivity index (χ1) is 16.8. The monoisotopic (exact) mass is 559 g/mol. The Hall–Kier alpha value is -2.87. The van der Waals surface area contributed by atoms with Crippen LogP contribution in [0.5, 0.6) is 5.75 Å². The lowest BCUT2D eigenvalue weighted by Gasteiger charge is -2.39. The van der Waals surface area contributed by atoms with Crippen molar-refractivity contribution in [1.82, 2.24) is 14.5 Å². The summed E-state index contributed by atoms with van der Waals surface area (Å²) in [6.45, 7) is 0.813. The summed E-state index contributed by atoms with van der Waals surface area (Å²) in [7, 11) is 0. The van der Waals surface area contributed by atoms with Crippen molar-refractivity contribution in [3.63, 3.8) is 0 Å². The van der Waals surface area contributed by atoms with Crippen LogP contribution in [0.15, 0.2) is 40.1 Å². The molecule has 1 unspecified atom stereocenters. The summed E-state index contributed by atoms with van der Waals surface area (Å²) >= 11 is 9.63. The lowest BCUT2D eigenvalue weighted by Crippen LogP contribution is -2.47. The van der Waals surface area contributed by atoms with E-state index in [4.69, 9.17) is 22.6 Å². The number of nitriles is 1. The fraction of sp³-hybridized carbons (Fsp3) is 0.375. The van der Waals surface area contributed by atoms with Gasteiger partial charge in [-0.15, -0.1) is 0 Å². The number of amidine groups is 1. The average Bonchev–Trinajstić information content (AvgIpc) is 3.30. The molecule has 11 heteroatoms. The molecule has 2 aliphatic heterocycles. The molecule has 0 saturated carbocycles. The van der Waals surface area contributed by atoms with E-state index < -0.39 is 5.82 Å². The SMILES string of the molecule is N#CCCN1[C@@H]2CC[C@H]1CC(Nc1c(C(N)=Nc3c(F)cc(O)cc3Cl)cnn3cc(Br)cc13)C2. The number of aromatic nitrogens is 2. The van der Waals surface area contributed by atoms with Gasteiger partial charge in [-0.3, -0.25) is 4.90 Å². The molecular formula is C24H24BrClFN7O. The quantitative estimate of drug-likeness (QED) is 0.290. The Kier molecular flexibility index (Phi) is 6.57.